The molecular formula is C29H22ClN3O5. The number of hydrogen-bond acceptors (Lipinski definition) is 6. The summed E-state index contributed by atoms with van der Waals surface area (Å²) >= 11 is 6.10. The number of ketones is 1. The molecule has 8 nitrogen and oxygen atoms in total. The number of aromatic nitrogens is 2. The average molecular weight is 528 g/mol. The number of fused-ring (bicyclic) bond motifs is 2. The standard InChI is InChI=1S/C29H22ClN3O5/c1-15(2)37-19-10-7-16(8-11-19)25-24(26(34)23-14-17-13-18(30)9-12-22(17)38-23)27(35)28(36)33(25)29-31-20-5-3-4-6-21(20)32-29/h3-15,25,35H,1-2H3,(H,31,32). The van der Waals surface area contributed by atoms with Gasteiger partial charge >= 0.3 is 0 Å². The first-order valence-electron chi connectivity index (χ1n) is 12.0. The van der Waals surface area contributed by atoms with E-state index in [0.29, 0.717) is 38.3 Å². The Hall–Kier alpha value is -4.56. The van der Waals surface area contributed by atoms with Crippen molar-refractivity contribution in [2.75, 3.05) is 4.90 Å². The lowest BCUT2D eigenvalue weighted by Crippen LogP contribution is -2.32. The summed E-state index contributed by atoms with van der Waals surface area (Å²) in [7, 11) is 0. The molecule has 1 aliphatic heterocycles. The van der Waals surface area contributed by atoms with Crippen LogP contribution in [0.5, 0.6) is 5.75 Å². The number of aliphatic hydroxyl groups is 1. The molecule has 0 saturated heterocycles. The lowest BCUT2D eigenvalue weighted by atomic mass is 9.95. The molecule has 0 fully saturated rings. The number of anilines is 1. The summed E-state index contributed by atoms with van der Waals surface area (Å²) in [6, 6.07) is 19.9. The van der Waals surface area contributed by atoms with E-state index in [0.717, 1.165) is 0 Å². The van der Waals surface area contributed by atoms with E-state index in [1.54, 1.807) is 48.5 Å². The van der Waals surface area contributed by atoms with Crippen molar-refractivity contribution in [2.24, 2.45) is 0 Å². The van der Waals surface area contributed by atoms with Crippen LogP contribution in [0.15, 0.2) is 88.5 Å². The maximum atomic E-state index is 13.8. The Kier molecular flexibility index (Phi) is 5.69. The van der Waals surface area contributed by atoms with Gasteiger partial charge in [0.15, 0.2) is 11.5 Å². The molecule has 1 unspecified atom stereocenters. The molecule has 0 saturated carbocycles. The number of imidazole rings is 1. The van der Waals surface area contributed by atoms with E-state index in [4.69, 9.17) is 20.8 Å². The van der Waals surface area contributed by atoms with Crippen LogP contribution in [0, 0.1) is 0 Å². The zero-order valence-electron chi connectivity index (χ0n) is 20.4. The quantitative estimate of drug-likeness (QED) is 0.243. The largest absolute Gasteiger partial charge is 0.503 e. The summed E-state index contributed by atoms with van der Waals surface area (Å²) < 4.78 is 11.5. The van der Waals surface area contributed by atoms with E-state index in [9.17, 15) is 14.7 Å². The molecular weight excluding hydrogens is 506 g/mol. The van der Waals surface area contributed by atoms with E-state index in [1.165, 1.54) is 4.90 Å². The van der Waals surface area contributed by atoms with Gasteiger partial charge in [0.05, 0.1) is 28.8 Å². The van der Waals surface area contributed by atoms with Gasteiger partial charge in [-0.15, -0.1) is 0 Å². The highest BCUT2D eigenvalue weighted by molar-refractivity contribution is 6.31. The predicted octanol–water partition coefficient (Wildman–Crippen LogP) is 6.53. The number of carbonyl (C=O) groups excluding carboxylic acids is 2. The van der Waals surface area contributed by atoms with E-state index in [1.807, 2.05) is 38.1 Å². The summed E-state index contributed by atoms with van der Waals surface area (Å²) in [4.78, 5) is 36.3. The Bertz CT molecular complexity index is 1720. The zero-order valence-corrected chi connectivity index (χ0v) is 21.2. The van der Waals surface area contributed by atoms with Gasteiger partial charge in [-0.2, -0.15) is 0 Å². The monoisotopic (exact) mass is 527 g/mol. The summed E-state index contributed by atoms with van der Waals surface area (Å²) in [5, 5.41) is 12.2. The van der Waals surface area contributed by atoms with Gasteiger partial charge in [0.1, 0.15) is 11.3 Å². The number of benzene rings is 3. The van der Waals surface area contributed by atoms with Gasteiger partial charge in [-0.3, -0.25) is 14.5 Å². The fourth-order valence-electron chi connectivity index (χ4n) is 4.68. The molecule has 6 rings (SSSR count). The molecule has 0 aliphatic carbocycles. The number of aliphatic hydroxyl groups excluding tert-OH is 1. The second-order valence-electron chi connectivity index (χ2n) is 9.28. The number of H-pyrrole nitrogens is 1. The number of amides is 1. The molecule has 9 heteroatoms. The molecule has 0 bridgehead atoms. The molecule has 1 atom stereocenters. The van der Waals surface area contributed by atoms with Crippen LogP contribution in [-0.4, -0.2) is 32.9 Å². The van der Waals surface area contributed by atoms with Gasteiger partial charge in [0.2, 0.25) is 11.7 Å². The highest BCUT2D eigenvalue weighted by Crippen LogP contribution is 2.42. The minimum atomic E-state index is -0.972. The molecule has 2 aromatic heterocycles. The van der Waals surface area contributed by atoms with E-state index < -0.39 is 23.5 Å². The number of aromatic amines is 1. The minimum Gasteiger partial charge on any atom is -0.503 e. The number of furan rings is 1. The topological polar surface area (TPSA) is 109 Å². The SMILES string of the molecule is CC(C)Oc1ccc(C2C(C(=O)c3cc4cc(Cl)ccc4o3)=C(O)C(=O)N2c2nc3ccccc3[nH]2)cc1. The molecule has 1 amide bonds. The summed E-state index contributed by atoms with van der Waals surface area (Å²) in [6.45, 7) is 3.84. The average Bonchev–Trinajstić information content (AvgIpc) is 3.58. The molecule has 38 heavy (non-hydrogen) atoms. The first-order chi connectivity index (χ1) is 18.3. The van der Waals surface area contributed by atoms with Crippen LogP contribution in [-0.2, 0) is 4.79 Å². The number of ether oxygens (including phenoxy) is 1. The smallest absolute Gasteiger partial charge is 0.296 e. The van der Waals surface area contributed by atoms with E-state index in [2.05, 4.69) is 9.97 Å². The summed E-state index contributed by atoms with van der Waals surface area (Å²) in [6.07, 6.45) is -0.0244. The lowest BCUT2D eigenvalue weighted by molar-refractivity contribution is -0.117. The van der Waals surface area contributed by atoms with Crippen LogP contribution in [0.2, 0.25) is 5.02 Å². The molecule has 0 radical (unpaired) electrons. The molecule has 190 valence electrons. The number of rotatable bonds is 6. The van der Waals surface area contributed by atoms with E-state index in [-0.39, 0.29) is 23.4 Å². The number of Topliss-reactive ketones (excluding diaryl/α,β-unsaturated/α-hetero) is 1. The van der Waals surface area contributed by atoms with Crippen molar-refractivity contribution >= 4 is 51.2 Å². The summed E-state index contributed by atoms with van der Waals surface area (Å²) in [5.41, 5.74) is 2.29. The third kappa shape index (κ3) is 3.99. The number of hydrogen-bond donors (Lipinski definition) is 2. The van der Waals surface area contributed by atoms with E-state index >= 15 is 0 Å². The Morgan fingerprint density at radius 1 is 1.11 bits per heavy atom. The van der Waals surface area contributed by atoms with Crippen molar-refractivity contribution in [2.45, 2.75) is 26.0 Å². The van der Waals surface area contributed by atoms with Gasteiger partial charge in [-0.25, -0.2) is 4.98 Å². The zero-order chi connectivity index (χ0) is 26.6. The Morgan fingerprint density at radius 3 is 2.61 bits per heavy atom. The maximum absolute atomic E-state index is 13.8. The third-order valence-corrected chi connectivity index (χ3v) is 6.56. The maximum Gasteiger partial charge on any atom is 0.296 e. The highest BCUT2D eigenvalue weighted by Gasteiger charge is 2.46. The Morgan fingerprint density at radius 2 is 1.87 bits per heavy atom. The molecule has 3 aromatic carbocycles. The fourth-order valence-corrected chi connectivity index (χ4v) is 4.86. The van der Waals surface area contributed by atoms with Crippen molar-refractivity contribution in [3.05, 3.63) is 100 Å². The normalized spacial score (nSPS) is 15.8. The van der Waals surface area contributed by atoms with Gasteiger partial charge in [-0.1, -0.05) is 35.9 Å². The number of para-hydroxylation sites is 2. The number of carbonyl (C=O) groups is 2. The number of nitrogens with one attached hydrogen (secondary N) is 1. The lowest BCUT2D eigenvalue weighted by Gasteiger charge is -2.24. The predicted molar refractivity (Wildman–Crippen MR) is 144 cm³/mol. The van der Waals surface area contributed by atoms with Crippen LogP contribution in [0.1, 0.15) is 36.0 Å². The highest BCUT2D eigenvalue weighted by atomic mass is 35.5. The minimum absolute atomic E-state index is 0.0205. The van der Waals surface area contributed by atoms with Gasteiger partial charge in [-0.05, 0) is 67.9 Å². The van der Waals surface area contributed by atoms with Gasteiger partial charge in [0, 0.05) is 10.4 Å². The first-order valence-corrected chi connectivity index (χ1v) is 12.4. The van der Waals surface area contributed by atoms with Crippen LogP contribution in [0.4, 0.5) is 5.95 Å². The second kappa shape index (κ2) is 9.08. The fraction of sp³-hybridized carbons (Fsp3) is 0.138. The van der Waals surface area contributed by atoms with Crippen LogP contribution < -0.4 is 9.64 Å². The number of halogens is 1. The van der Waals surface area contributed by atoms with Crippen molar-refractivity contribution in [1.82, 2.24) is 9.97 Å². The second-order valence-corrected chi connectivity index (χ2v) is 9.71. The van der Waals surface area contributed by atoms with Crippen LogP contribution in [0.25, 0.3) is 22.0 Å². The summed E-state index contributed by atoms with van der Waals surface area (Å²) in [5.74, 6) is -1.21. The van der Waals surface area contributed by atoms with Crippen molar-refractivity contribution < 1.29 is 23.8 Å². The molecule has 3 heterocycles. The Labute approximate surface area is 222 Å². The Balaban J connectivity index is 1.48. The van der Waals surface area contributed by atoms with Crippen LogP contribution >= 0.6 is 11.6 Å². The van der Waals surface area contributed by atoms with Crippen molar-refractivity contribution in [3.63, 3.8) is 0 Å². The first kappa shape index (κ1) is 23.8. The van der Waals surface area contributed by atoms with Crippen molar-refractivity contribution in [1.29, 1.82) is 0 Å². The molecule has 5 aromatic rings. The van der Waals surface area contributed by atoms with Gasteiger partial charge in [0.25, 0.3) is 5.91 Å². The molecule has 2 N–H and O–H groups in total. The van der Waals surface area contributed by atoms with Gasteiger partial charge < -0.3 is 19.2 Å². The van der Waals surface area contributed by atoms with Crippen molar-refractivity contribution in [3.8, 4) is 5.75 Å². The van der Waals surface area contributed by atoms with Crippen LogP contribution in [0.3, 0.4) is 0 Å². The third-order valence-electron chi connectivity index (χ3n) is 6.33. The number of nitrogens with zero attached hydrogens (tertiary/aromatic N) is 2. The molecule has 1 aliphatic rings. The molecule has 0 spiro atoms.